The molecule has 93 valence electrons. The molecule has 0 aromatic carbocycles. The van der Waals surface area contributed by atoms with E-state index in [4.69, 9.17) is 38.8 Å². The Morgan fingerprint density at radius 2 is 0.857 bits per heavy atom. The first-order chi connectivity index (χ1) is 6.24. The van der Waals surface area contributed by atoms with Crippen molar-refractivity contribution in [3.63, 3.8) is 0 Å². The van der Waals surface area contributed by atoms with Gasteiger partial charge in [-0.05, 0) is 27.7 Å². The monoisotopic (exact) mass is 372 g/mol. The molecule has 0 heterocycles. The second-order valence-electron chi connectivity index (χ2n) is 2.91. The van der Waals surface area contributed by atoms with Crippen LogP contribution in [0.3, 0.4) is 0 Å². The van der Waals surface area contributed by atoms with Crippen molar-refractivity contribution in [1.29, 1.82) is 0 Å². The Bertz CT molecular complexity index is 110. The molecular formula is C8H20Cl4NRu. The zero-order valence-corrected chi connectivity index (χ0v) is 13.9. The van der Waals surface area contributed by atoms with Crippen molar-refractivity contribution in [2.45, 2.75) is 27.7 Å². The molecule has 0 N–H and O–H groups in total. The van der Waals surface area contributed by atoms with Crippen LogP contribution >= 0.6 is 38.8 Å². The van der Waals surface area contributed by atoms with Crippen molar-refractivity contribution >= 4 is 38.8 Å². The fourth-order valence-electron chi connectivity index (χ4n) is 1.34. The van der Waals surface area contributed by atoms with Gasteiger partial charge in [-0.1, -0.05) is 0 Å². The van der Waals surface area contributed by atoms with E-state index >= 15 is 0 Å². The van der Waals surface area contributed by atoms with E-state index in [9.17, 15) is 0 Å². The molecule has 6 heteroatoms. The summed E-state index contributed by atoms with van der Waals surface area (Å²) in [7, 11) is 17.0. The van der Waals surface area contributed by atoms with Crippen molar-refractivity contribution in [3.05, 3.63) is 0 Å². The third kappa shape index (κ3) is 11.8. The van der Waals surface area contributed by atoms with Crippen LogP contribution in [0.5, 0.6) is 0 Å². The third-order valence-electron chi connectivity index (χ3n) is 2.68. The topological polar surface area (TPSA) is 0 Å². The molecule has 0 amide bonds. The van der Waals surface area contributed by atoms with Crippen LogP contribution in [0.25, 0.3) is 0 Å². The van der Waals surface area contributed by atoms with Gasteiger partial charge in [0, 0.05) is 0 Å². The molecule has 0 saturated heterocycles. The second-order valence-corrected chi connectivity index (χ2v) is 18.7. The maximum atomic E-state index is 5.00. The molecule has 0 saturated carbocycles. The van der Waals surface area contributed by atoms with Gasteiger partial charge in [-0.15, -0.1) is 0 Å². The zero-order valence-electron chi connectivity index (χ0n) is 9.14. The maximum absolute atomic E-state index is 5.00. The Kier molecular flexibility index (Phi) is 11.4. The normalized spacial score (nSPS) is 13.1. The molecule has 1 nitrogen and oxygen atoms in total. The molecule has 0 aliphatic heterocycles. The Morgan fingerprint density at radius 3 is 0.857 bits per heavy atom. The van der Waals surface area contributed by atoms with Crippen LogP contribution in [0, 0.1) is 0 Å². The Morgan fingerprint density at radius 1 is 0.714 bits per heavy atom. The van der Waals surface area contributed by atoms with Gasteiger partial charge in [0.1, 0.15) is 0 Å². The summed E-state index contributed by atoms with van der Waals surface area (Å²) in [5, 5.41) is 0. The number of hydrogen-bond acceptors (Lipinski definition) is 0. The summed E-state index contributed by atoms with van der Waals surface area (Å²) in [4.78, 5) is 0. The van der Waals surface area contributed by atoms with Crippen molar-refractivity contribution in [2.75, 3.05) is 26.2 Å². The standard InChI is InChI=1S/C8H20N.4ClH.Ru/c1-5-9(6-2,7-3)8-4;;;;;/h5-8H2,1-4H3;4*1H;/q+1;;;;;+3/p-4. The first kappa shape index (κ1) is 18.1. The summed E-state index contributed by atoms with van der Waals surface area (Å²) < 4.78 is 1.28. The Labute approximate surface area is 107 Å². The molecular weight excluding hydrogens is 353 g/mol. The van der Waals surface area contributed by atoms with Crippen LogP contribution < -0.4 is 0 Å². The van der Waals surface area contributed by atoms with Crippen molar-refractivity contribution in [3.8, 4) is 0 Å². The molecule has 0 rings (SSSR count). The van der Waals surface area contributed by atoms with E-state index in [0.717, 1.165) is 0 Å². The van der Waals surface area contributed by atoms with Gasteiger partial charge in [0.2, 0.25) is 0 Å². The van der Waals surface area contributed by atoms with Crippen molar-refractivity contribution in [1.82, 2.24) is 0 Å². The number of quaternary nitrogens is 1. The Balaban J connectivity index is 0. The van der Waals surface area contributed by atoms with Crippen LogP contribution in [0.1, 0.15) is 27.7 Å². The van der Waals surface area contributed by atoms with Crippen LogP contribution in [0.15, 0.2) is 0 Å². The molecule has 14 heavy (non-hydrogen) atoms. The summed E-state index contributed by atoms with van der Waals surface area (Å²) in [5.74, 6) is 0. The van der Waals surface area contributed by atoms with Gasteiger partial charge < -0.3 is 4.48 Å². The molecule has 0 fully saturated rings. The summed E-state index contributed by atoms with van der Waals surface area (Å²) in [5.41, 5.74) is 0. The van der Waals surface area contributed by atoms with Crippen LogP contribution in [-0.4, -0.2) is 30.7 Å². The molecule has 0 atom stereocenters. The van der Waals surface area contributed by atoms with Gasteiger partial charge in [0.25, 0.3) is 0 Å². The fourth-order valence-corrected chi connectivity index (χ4v) is 1.34. The van der Waals surface area contributed by atoms with E-state index in [1.54, 1.807) is 0 Å². The zero-order chi connectivity index (χ0) is 11.8. The second kappa shape index (κ2) is 8.85. The van der Waals surface area contributed by atoms with Gasteiger partial charge in [-0.3, -0.25) is 0 Å². The third-order valence-corrected chi connectivity index (χ3v) is 2.68. The van der Waals surface area contributed by atoms with Gasteiger partial charge in [-0.25, -0.2) is 0 Å². The minimum atomic E-state index is -2.97. The van der Waals surface area contributed by atoms with E-state index in [0.29, 0.717) is 0 Å². The molecule has 0 aliphatic carbocycles. The number of nitrogens with zero attached hydrogens (tertiary/aromatic N) is 1. The molecule has 0 spiro atoms. The number of rotatable bonds is 4. The summed E-state index contributed by atoms with van der Waals surface area (Å²) in [6.07, 6.45) is 0. The van der Waals surface area contributed by atoms with E-state index in [1.807, 2.05) is 0 Å². The SMILES string of the molecule is CC[N+](CC)(CC)CC.[Cl][Ru-]([Cl])([Cl])[Cl]. The molecule has 0 aromatic rings. The summed E-state index contributed by atoms with van der Waals surface area (Å²) >= 11 is 0. The summed E-state index contributed by atoms with van der Waals surface area (Å²) in [6.45, 7) is 14.2. The van der Waals surface area contributed by atoms with E-state index in [2.05, 4.69) is 27.7 Å². The van der Waals surface area contributed by atoms with Crippen LogP contribution in [0.4, 0.5) is 0 Å². The molecule has 0 radical (unpaired) electrons. The van der Waals surface area contributed by atoms with Crippen LogP contribution in [-0.2, 0) is 10.8 Å². The first-order valence-corrected chi connectivity index (χ1v) is 13.6. The van der Waals surface area contributed by atoms with Crippen molar-refractivity contribution < 1.29 is 15.3 Å². The molecule has 0 aromatic heterocycles. The number of halogens is 4. The predicted molar refractivity (Wildman–Crippen MR) is 65.8 cm³/mol. The van der Waals surface area contributed by atoms with E-state index in [-0.39, 0.29) is 0 Å². The summed E-state index contributed by atoms with van der Waals surface area (Å²) in [6, 6.07) is 0. The molecule has 0 bridgehead atoms. The van der Waals surface area contributed by atoms with Gasteiger partial charge >= 0.3 is 49.6 Å². The molecule has 0 aliphatic rings. The van der Waals surface area contributed by atoms with Crippen molar-refractivity contribution in [2.24, 2.45) is 0 Å². The van der Waals surface area contributed by atoms with E-state index in [1.165, 1.54) is 30.7 Å². The molecule has 0 unspecified atom stereocenters. The Hall–Kier alpha value is 1.74. The van der Waals surface area contributed by atoms with Gasteiger partial charge in [0.15, 0.2) is 0 Å². The average Bonchev–Trinajstić information content (AvgIpc) is 2.07. The van der Waals surface area contributed by atoms with E-state index < -0.39 is 10.8 Å². The number of hydrogen-bond donors (Lipinski definition) is 0. The van der Waals surface area contributed by atoms with Gasteiger partial charge in [-0.2, -0.15) is 0 Å². The average molecular weight is 373 g/mol. The predicted octanol–water partition coefficient (Wildman–Crippen LogP) is 4.64. The first-order valence-electron chi connectivity index (χ1n) is 4.63. The van der Waals surface area contributed by atoms with Gasteiger partial charge in [0.05, 0.1) is 26.2 Å². The van der Waals surface area contributed by atoms with Crippen LogP contribution in [0.2, 0.25) is 0 Å². The minimum absolute atomic E-state index is 1.28. The fraction of sp³-hybridized carbons (Fsp3) is 1.00. The quantitative estimate of drug-likeness (QED) is 0.498.